The molecular formula is C13H11NO3. The molecule has 3 N–H and O–H groups in total. The summed E-state index contributed by atoms with van der Waals surface area (Å²) in [4.78, 5) is 4.14. The van der Waals surface area contributed by atoms with E-state index in [1.807, 2.05) is 0 Å². The van der Waals surface area contributed by atoms with Crippen LogP contribution in [0.2, 0.25) is 0 Å². The molecule has 0 aliphatic heterocycles. The summed E-state index contributed by atoms with van der Waals surface area (Å²) in [5.74, 6) is 0.147. The van der Waals surface area contributed by atoms with Crippen molar-refractivity contribution in [1.82, 2.24) is 0 Å². The predicted molar refractivity (Wildman–Crippen MR) is 65.1 cm³/mol. The van der Waals surface area contributed by atoms with Gasteiger partial charge in [0.05, 0.1) is 5.69 Å². The van der Waals surface area contributed by atoms with Crippen LogP contribution in [-0.2, 0) is 0 Å². The zero-order chi connectivity index (χ0) is 12.3. The highest BCUT2D eigenvalue weighted by Crippen LogP contribution is 2.20. The second kappa shape index (κ2) is 4.57. The number of phenols is 3. The van der Waals surface area contributed by atoms with Crippen LogP contribution in [0, 0.1) is 0 Å². The molecule has 0 unspecified atom stereocenters. The fourth-order valence-electron chi connectivity index (χ4n) is 1.38. The van der Waals surface area contributed by atoms with Gasteiger partial charge in [0, 0.05) is 17.8 Å². The lowest BCUT2D eigenvalue weighted by molar-refractivity contribution is 0.450. The van der Waals surface area contributed by atoms with Crippen molar-refractivity contribution in [2.45, 2.75) is 0 Å². The molecule has 0 aliphatic carbocycles. The Morgan fingerprint density at radius 3 is 1.94 bits per heavy atom. The average molecular weight is 229 g/mol. The number of aromatic hydroxyl groups is 3. The summed E-state index contributed by atoms with van der Waals surface area (Å²) in [6.45, 7) is 0. The van der Waals surface area contributed by atoms with E-state index in [4.69, 9.17) is 5.11 Å². The first kappa shape index (κ1) is 11.0. The normalized spacial score (nSPS) is 10.8. The van der Waals surface area contributed by atoms with E-state index in [-0.39, 0.29) is 17.2 Å². The van der Waals surface area contributed by atoms with Crippen molar-refractivity contribution in [3.05, 3.63) is 48.0 Å². The van der Waals surface area contributed by atoms with Crippen molar-refractivity contribution in [3.63, 3.8) is 0 Å². The summed E-state index contributed by atoms with van der Waals surface area (Å²) in [6.07, 6.45) is 1.52. The predicted octanol–water partition coefficient (Wildman–Crippen LogP) is 2.55. The minimum absolute atomic E-state index is 0.0165. The molecule has 86 valence electrons. The molecule has 0 amide bonds. The molecule has 4 heteroatoms. The van der Waals surface area contributed by atoms with E-state index < -0.39 is 0 Å². The first-order valence-corrected chi connectivity index (χ1v) is 4.99. The van der Waals surface area contributed by atoms with Crippen molar-refractivity contribution in [3.8, 4) is 17.2 Å². The highest BCUT2D eigenvalue weighted by Gasteiger charge is 1.96. The van der Waals surface area contributed by atoms with Crippen molar-refractivity contribution in [2.75, 3.05) is 0 Å². The van der Waals surface area contributed by atoms with E-state index >= 15 is 0 Å². The largest absolute Gasteiger partial charge is 0.508 e. The number of nitrogens with zero attached hydrogens (tertiary/aromatic N) is 1. The molecule has 0 radical (unpaired) electrons. The SMILES string of the molecule is Oc1ccc(/N=C/c2cc(O)cc(O)c2)cc1. The summed E-state index contributed by atoms with van der Waals surface area (Å²) >= 11 is 0. The van der Waals surface area contributed by atoms with Gasteiger partial charge in [0.1, 0.15) is 17.2 Å². The Hall–Kier alpha value is -2.49. The van der Waals surface area contributed by atoms with Gasteiger partial charge in [0.15, 0.2) is 0 Å². The zero-order valence-electron chi connectivity index (χ0n) is 8.91. The van der Waals surface area contributed by atoms with E-state index in [9.17, 15) is 10.2 Å². The molecule has 0 atom stereocenters. The van der Waals surface area contributed by atoms with Gasteiger partial charge in [0.2, 0.25) is 0 Å². The molecule has 2 aromatic rings. The molecule has 0 saturated carbocycles. The maximum Gasteiger partial charge on any atom is 0.119 e. The minimum atomic E-state index is -0.0165. The summed E-state index contributed by atoms with van der Waals surface area (Å²) in [6, 6.07) is 10.6. The van der Waals surface area contributed by atoms with Crippen LogP contribution < -0.4 is 0 Å². The van der Waals surface area contributed by atoms with E-state index in [0.29, 0.717) is 11.3 Å². The van der Waals surface area contributed by atoms with Crippen LogP contribution >= 0.6 is 0 Å². The molecule has 0 aliphatic rings. The van der Waals surface area contributed by atoms with Crippen molar-refractivity contribution >= 4 is 11.9 Å². The molecule has 2 aromatic carbocycles. The standard InChI is InChI=1S/C13H11NO3/c15-11-3-1-10(2-4-11)14-8-9-5-12(16)7-13(17)6-9/h1-8,15-17H/b14-8+. The number of rotatable bonds is 2. The van der Waals surface area contributed by atoms with Crippen LogP contribution in [0.3, 0.4) is 0 Å². The van der Waals surface area contributed by atoms with Crippen LogP contribution in [-0.4, -0.2) is 21.5 Å². The van der Waals surface area contributed by atoms with Gasteiger partial charge in [-0.2, -0.15) is 0 Å². The third kappa shape index (κ3) is 2.98. The molecule has 0 bridgehead atoms. The summed E-state index contributed by atoms with van der Waals surface area (Å²) in [5, 5.41) is 27.6. The smallest absolute Gasteiger partial charge is 0.119 e. The lowest BCUT2D eigenvalue weighted by Gasteiger charge is -1.98. The number of benzene rings is 2. The van der Waals surface area contributed by atoms with Crippen molar-refractivity contribution in [1.29, 1.82) is 0 Å². The Morgan fingerprint density at radius 1 is 0.765 bits per heavy atom. The fourth-order valence-corrected chi connectivity index (χ4v) is 1.38. The zero-order valence-corrected chi connectivity index (χ0v) is 8.91. The van der Waals surface area contributed by atoms with Crippen LogP contribution in [0.1, 0.15) is 5.56 Å². The monoisotopic (exact) mass is 229 g/mol. The molecule has 0 spiro atoms. The van der Waals surface area contributed by atoms with Gasteiger partial charge in [-0.05, 0) is 36.4 Å². The Morgan fingerprint density at radius 2 is 1.35 bits per heavy atom. The van der Waals surface area contributed by atoms with Crippen LogP contribution in [0.15, 0.2) is 47.5 Å². The minimum Gasteiger partial charge on any atom is -0.508 e. The molecule has 0 aromatic heterocycles. The Kier molecular flexibility index (Phi) is 2.96. The second-order valence-electron chi connectivity index (χ2n) is 3.56. The molecule has 0 heterocycles. The average Bonchev–Trinajstić information content (AvgIpc) is 2.27. The number of hydrogen-bond acceptors (Lipinski definition) is 4. The number of phenolic OH excluding ortho intramolecular Hbond substituents is 3. The van der Waals surface area contributed by atoms with E-state index in [2.05, 4.69) is 4.99 Å². The van der Waals surface area contributed by atoms with Gasteiger partial charge in [-0.25, -0.2) is 0 Å². The van der Waals surface area contributed by atoms with Gasteiger partial charge in [-0.1, -0.05) is 0 Å². The Labute approximate surface area is 98.1 Å². The van der Waals surface area contributed by atoms with Crippen LogP contribution in [0.4, 0.5) is 5.69 Å². The molecular weight excluding hydrogens is 218 g/mol. The lowest BCUT2D eigenvalue weighted by Crippen LogP contribution is -1.80. The number of hydrogen-bond donors (Lipinski definition) is 3. The number of aliphatic imine (C=N–C) groups is 1. The van der Waals surface area contributed by atoms with Gasteiger partial charge in [-0.3, -0.25) is 4.99 Å². The quantitative estimate of drug-likeness (QED) is 0.693. The Bertz CT molecular complexity index is 527. The summed E-state index contributed by atoms with van der Waals surface area (Å²) in [5.41, 5.74) is 1.27. The molecule has 17 heavy (non-hydrogen) atoms. The third-order valence-electron chi connectivity index (χ3n) is 2.14. The third-order valence-corrected chi connectivity index (χ3v) is 2.14. The van der Waals surface area contributed by atoms with Gasteiger partial charge < -0.3 is 15.3 Å². The molecule has 0 saturated heterocycles. The van der Waals surface area contributed by atoms with Crippen molar-refractivity contribution in [2.24, 2.45) is 4.99 Å². The van der Waals surface area contributed by atoms with E-state index in [1.54, 1.807) is 12.1 Å². The highest BCUT2D eigenvalue weighted by molar-refractivity contribution is 5.83. The molecule has 0 fully saturated rings. The highest BCUT2D eigenvalue weighted by atomic mass is 16.3. The molecule has 4 nitrogen and oxygen atoms in total. The van der Waals surface area contributed by atoms with Gasteiger partial charge in [-0.15, -0.1) is 0 Å². The lowest BCUT2D eigenvalue weighted by atomic mass is 10.2. The van der Waals surface area contributed by atoms with Crippen LogP contribution in [0.25, 0.3) is 0 Å². The second-order valence-corrected chi connectivity index (χ2v) is 3.56. The first-order chi connectivity index (χ1) is 8.13. The Balaban J connectivity index is 2.22. The fraction of sp³-hybridized carbons (Fsp3) is 0. The van der Waals surface area contributed by atoms with Gasteiger partial charge in [0.25, 0.3) is 0 Å². The maximum absolute atomic E-state index is 9.27. The maximum atomic E-state index is 9.27. The van der Waals surface area contributed by atoms with E-state index in [1.165, 1.54) is 36.5 Å². The van der Waals surface area contributed by atoms with Crippen molar-refractivity contribution < 1.29 is 15.3 Å². The topological polar surface area (TPSA) is 73.1 Å². The molecule has 2 rings (SSSR count). The summed E-state index contributed by atoms with van der Waals surface area (Å²) in [7, 11) is 0. The van der Waals surface area contributed by atoms with Crippen LogP contribution in [0.5, 0.6) is 17.2 Å². The van der Waals surface area contributed by atoms with Gasteiger partial charge >= 0.3 is 0 Å². The van der Waals surface area contributed by atoms with E-state index in [0.717, 1.165) is 0 Å². The first-order valence-electron chi connectivity index (χ1n) is 4.99. The summed E-state index contributed by atoms with van der Waals surface area (Å²) < 4.78 is 0.